The zero-order chi connectivity index (χ0) is 17.3. The summed E-state index contributed by atoms with van der Waals surface area (Å²) >= 11 is 0. The first kappa shape index (κ1) is 15.7. The Labute approximate surface area is 142 Å². The van der Waals surface area contributed by atoms with Gasteiger partial charge < -0.3 is 4.98 Å². The van der Waals surface area contributed by atoms with Gasteiger partial charge in [0.05, 0.1) is 11.4 Å². The first-order chi connectivity index (χ1) is 11.3. The largest absolute Gasteiger partial charge is 0.352 e. The van der Waals surface area contributed by atoms with E-state index in [0.29, 0.717) is 13.0 Å². The average molecular weight is 346 g/mol. The highest BCUT2D eigenvalue weighted by atomic mass is 32.2. The van der Waals surface area contributed by atoms with Crippen molar-refractivity contribution >= 4 is 32.4 Å². The van der Waals surface area contributed by atoms with Gasteiger partial charge in [0, 0.05) is 29.4 Å². The van der Waals surface area contributed by atoms with Crippen molar-refractivity contribution in [2.24, 2.45) is 0 Å². The minimum atomic E-state index is -3.42. The summed E-state index contributed by atoms with van der Waals surface area (Å²) in [6, 6.07) is 3.90. The van der Waals surface area contributed by atoms with E-state index < -0.39 is 14.8 Å². The summed E-state index contributed by atoms with van der Waals surface area (Å²) < 4.78 is 26.3. The summed E-state index contributed by atoms with van der Waals surface area (Å²) in [5.41, 5.74) is 4.20. The lowest BCUT2D eigenvalue weighted by atomic mass is 9.97. The molecule has 0 radical (unpaired) electrons. The number of nitrogens with zero attached hydrogens (tertiary/aromatic N) is 1. The Hall–Kier alpha value is -1.82. The Kier molecular flexibility index (Phi) is 3.17. The zero-order valence-electron chi connectivity index (χ0n) is 14.3. The van der Waals surface area contributed by atoms with Gasteiger partial charge in [-0.05, 0) is 57.7 Å². The first-order valence-corrected chi connectivity index (χ1v) is 9.97. The molecular formula is C18H22N2O3S. The number of aromatic amines is 1. The maximum absolute atomic E-state index is 12.9. The Balaban J connectivity index is 2.03. The fourth-order valence-corrected chi connectivity index (χ4v) is 5.81. The molecule has 1 aliphatic carbocycles. The third-order valence-electron chi connectivity index (χ3n) is 5.52. The van der Waals surface area contributed by atoms with Gasteiger partial charge in [0.2, 0.25) is 10.0 Å². The van der Waals surface area contributed by atoms with Gasteiger partial charge in [-0.2, -0.15) is 0 Å². The van der Waals surface area contributed by atoms with E-state index in [2.05, 4.69) is 4.98 Å². The molecule has 0 saturated carbocycles. The molecule has 0 fully saturated rings. The van der Waals surface area contributed by atoms with Crippen molar-refractivity contribution < 1.29 is 13.2 Å². The lowest BCUT2D eigenvalue weighted by Crippen LogP contribution is -2.35. The summed E-state index contributed by atoms with van der Waals surface area (Å²) in [7, 11) is -3.42. The average Bonchev–Trinajstić information content (AvgIpc) is 2.85. The highest BCUT2D eigenvalue weighted by Crippen LogP contribution is 2.48. The van der Waals surface area contributed by atoms with E-state index in [1.54, 1.807) is 13.8 Å². The van der Waals surface area contributed by atoms with E-state index in [1.165, 1.54) is 4.31 Å². The molecule has 4 rings (SSSR count). The number of Topliss-reactive ketones (excluding diaryl/α,β-unsaturated/α-hetero) is 1. The summed E-state index contributed by atoms with van der Waals surface area (Å²) in [6.07, 6.45) is 3.35. The lowest BCUT2D eigenvalue weighted by Gasteiger charge is -2.21. The maximum Gasteiger partial charge on any atom is 0.244 e. The molecule has 2 aromatic rings. The number of ketones is 1. The predicted molar refractivity (Wildman–Crippen MR) is 95.2 cm³/mol. The van der Waals surface area contributed by atoms with E-state index in [4.69, 9.17) is 0 Å². The van der Waals surface area contributed by atoms with E-state index in [0.717, 1.165) is 52.7 Å². The Morgan fingerprint density at radius 2 is 1.92 bits per heavy atom. The summed E-state index contributed by atoms with van der Waals surface area (Å²) in [5.74, 6) is 0.165. The number of hydrogen-bond acceptors (Lipinski definition) is 3. The molecule has 6 heteroatoms. The smallest absolute Gasteiger partial charge is 0.244 e. The Morgan fingerprint density at radius 3 is 2.62 bits per heavy atom. The van der Waals surface area contributed by atoms with Crippen molar-refractivity contribution in [2.75, 3.05) is 10.8 Å². The van der Waals surface area contributed by atoms with Gasteiger partial charge >= 0.3 is 0 Å². The summed E-state index contributed by atoms with van der Waals surface area (Å²) in [5, 5.41) is 0.991. The van der Waals surface area contributed by atoms with Crippen molar-refractivity contribution in [1.82, 2.24) is 4.98 Å². The van der Waals surface area contributed by atoms with E-state index in [9.17, 15) is 13.2 Å². The van der Waals surface area contributed by atoms with Crippen molar-refractivity contribution in [2.45, 2.75) is 51.2 Å². The number of anilines is 1. The molecule has 2 aliphatic rings. The fraction of sp³-hybridized carbons (Fsp3) is 0.500. The molecule has 1 N–H and O–H groups in total. The zero-order valence-corrected chi connectivity index (χ0v) is 15.1. The molecule has 1 aromatic heterocycles. The van der Waals surface area contributed by atoms with Crippen LogP contribution in [-0.4, -0.2) is 25.7 Å². The van der Waals surface area contributed by atoms with Crippen molar-refractivity contribution in [3.05, 3.63) is 29.0 Å². The number of sulfonamides is 1. The van der Waals surface area contributed by atoms with Crippen molar-refractivity contribution in [3.63, 3.8) is 0 Å². The van der Waals surface area contributed by atoms with Crippen LogP contribution in [0.4, 0.5) is 5.69 Å². The van der Waals surface area contributed by atoms with E-state index in [-0.39, 0.29) is 5.78 Å². The van der Waals surface area contributed by atoms with Crippen LogP contribution < -0.4 is 4.31 Å². The van der Waals surface area contributed by atoms with Crippen molar-refractivity contribution in [1.29, 1.82) is 0 Å². The third-order valence-corrected chi connectivity index (χ3v) is 8.07. The van der Waals surface area contributed by atoms with Gasteiger partial charge in [0.15, 0.2) is 5.78 Å². The molecule has 0 saturated heterocycles. The molecule has 5 nitrogen and oxygen atoms in total. The SMILES string of the molecule is CCN1c2cc3c4c([nH]c3cc2C(C)(C)S1(=O)=O)C(=O)CCCC4. The highest BCUT2D eigenvalue weighted by molar-refractivity contribution is 7.94. The van der Waals surface area contributed by atoms with Crippen LogP contribution in [0.1, 0.15) is 61.6 Å². The molecule has 24 heavy (non-hydrogen) atoms. The van der Waals surface area contributed by atoms with Crippen LogP contribution in [0.25, 0.3) is 10.9 Å². The second kappa shape index (κ2) is 4.85. The van der Waals surface area contributed by atoms with Crippen LogP contribution in [0.5, 0.6) is 0 Å². The number of aryl methyl sites for hydroxylation is 1. The minimum Gasteiger partial charge on any atom is -0.352 e. The van der Waals surface area contributed by atoms with Crippen LogP contribution in [0.3, 0.4) is 0 Å². The molecular weight excluding hydrogens is 324 g/mol. The molecule has 0 unspecified atom stereocenters. The molecule has 0 amide bonds. The van der Waals surface area contributed by atoms with E-state index in [1.807, 2.05) is 19.1 Å². The van der Waals surface area contributed by atoms with Gasteiger partial charge in [-0.25, -0.2) is 8.42 Å². The number of carbonyl (C=O) groups is 1. The normalized spacial score (nSPS) is 21.6. The number of rotatable bonds is 1. The molecule has 2 heterocycles. The number of nitrogens with one attached hydrogen (secondary N) is 1. The fourth-order valence-electron chi connectivity index (χ4n) is 4.07. The van der Waals surface area contributed by atoms with Gasteiger partial charge in [0.25, 0.3) is 0 Å². The van der Waals surface area contributed by atoms with E-state index >= 15 is 0 Å². The lowest BCUT2D eigenvalue weighted by molar-refractivity contribution is 0.0978. The third kappa shape index (κ3) is 1.80. The van der Waals surface area contributed by atoms with Crippen LogP contribution in [0, 0.1) is 0 Å². The first-order valence-electron chi connectivity index (χ1n) is 8.53. The molecule has 0 spiro atoms. The van der Waals surface area contributed by atoms with Crippen LogP contribution in [0.15, 0.2) is 12.1 Å². The predicted octanol–water partition coefficient (Wildman–Crippen LogP) is 3.48. The molecule has 128 valence electrons. The minimum absolute atomic E-state index is 0.165. The number of fused-ring (bicyclic) bond motifs is 4. The second-order valence-corrected chi connectivity index (χ2v) is 9.62. The van der Waals surface area contributed by atoms with Crippen LogP contribution in [-0.2, 0) is 21.2 Å². The molecule has 0 atom stereocenters. The standard InChI is InChI=1S/C18H22N2O3S/c1-4-20-15-9-12-11-7-5-6-8-16(21)17(11)19-14(12)10-13(15)18(2,3)24(20,22)23/h9-10,19H,4-8H2,1-3H3. The summed E-state index contributed by atoms with van der Waals surface area (Å²) in [6.45, 7) is 5.77. The monoisotopic (exact) mass is 346 g/mol. The van der Waals surface area contributed by atoms with Gasteiger partial charge in [0.1, 0.15) is 4.75 Å². The van der Waals surface area contributed by atoms with Crippen LogP contribution >= 0.6 is 0 Å². The summed E-state index contributed by atoms with van der Waals surface area (Å²) in [4.78, 5) is 15.6. The molecule has 1 aliphatic heterocycles. The van der Waals surface area contributed by atoms with Gasteiger partial charge in [-0.3, -0.25) is 9.10 Å². The molecule has 1 aromatic carbocycles. The second-order valence-electron chi connectivity index (χ2n) is 7.20. The quantitative estimate of drug-likeness (QED) is 0.804. The number of benzene rings is 1. The topological polar surface area (TPSA) is 70.2 Å². The maximum atomic E-state index is 12.9. The Morgan fingerprint density at radius 1 is 1.21 bits per heavy atom. The van der Waals surface area contributed by atoms with Crippen molar-refractivity contribution in [3.8, 4) is 0 Å². The molecule has 0 bridgehead atoms. The van der Waals surface area contributed by atoms with Crippen LogP contribution in [0.2, 0.25) is 0 Å². The number of H-pyrrole nitrogens is 1. The number of hydrogen-bond donors (Lipinski definition) is 1. The highest BCUT2D eigenvalue weighted by Gasteiger charge is 2.49. The van der Waals surface area contributed by atoms with Gasteiger partial charge in [-0.1, -0.05) is 0 Å². The Bertz CT molecular complexity index is 970. The van der Waals surface area contributed by atoms with Gasteiger partial charge in [-0.15, -0.1) is 0 Å². The number of aromatic nitrogens is 1. The number of carbonyl (C=O) groups excluding carboxylic acids is 1.